The summed E-state index contributed by atoms with van der Waals surface area (Å²) in [5, 5.41) is 2.47. The molecule has 0 saturated heterocycles. The molecule has 2 aromatic rings. The number of carbonyl (C=O) groups excluding carboxylic acids is 1. The highest BCUT2D eigenvalue weighted by Gasteiger charge is 2.06. The summed E-state index contributed by atoms with van der Waals surface area (Å²) in [7, 11) is 0. The zero-order valence-corrected chi connectivity index (χ0v) is 8.65. The topological polar surface area (TPSA) is 42.0 Å². The van der Waals surface area contributed by atoms with Crippen LogP contribution in [0.2, 0.25) is 0 Å². The summed E-state index contributed by atoms with van der Waals surface area (Å²) in [5.41, 5.74) is 0.303. The van der Waals surface area contributed by atoms with E-state index in [9.17, 15) is 13.6 Å². The van der Waals surface area contributed by atoms with E-state index in [4.69, 9.17) is 0 Å². The summed E-state index contributed by atoms with van der Waals surface area (Å²) in [4.78, 5) is 15.3. The van der Waals surface area contributed by atoms with Gasteiger partial charge in [-0.1, -0.05) is 0 Å². The number of halogens is 2. The molecule has 1 amide bonds. The molecule has 0 unspecified atom stereocenters. The van der Waals surface area contributed by atoms with Crippen molar-refractivity contribution in [2.75, 3.05) is 5.32 Å². The van der Waals surface area contributed by atoms with E-state index in [1.165, 1.54) is 36.4 Å². The van der Waals surface area contributed by atoms with Crippen molar-refractivity contribution in [2.24, 2.45) is 0 Å². The lowest BCUT2D eigenvalue weighted by Gasteiger charge is -2.03. The largest absolute Gasteiger partial charge is 0.307 e. The molecule has 1 aromatic heterocycles. The Labute approximate surface area is 96.1 Å². The highest BCUT2D eigenvalue weighted by atomic mass is 19.1. The third kappa shape index (κ3) is 2.84. The van der Waals surface area contributed by atoms with Crippen molar-refractivity contribution in [1.29, 1.82) is 0 Å². The summed E-state index contributed by atoms with van der Waals surface area (Å²) in [6.07, 6.45) is 1.00. The molecule has 0 bridgehead atoms. The normalized spacial score (nSPS) is 10.0. The number of pyridine rings is 1. The minimum atomic E-state index is -0.482. The van der Waals surface area contributed by atoms with Crippen molar-refractivity contribution in [3.8, 4) is 0 Å². The van der Waals surface area contributed by atoms with Crippen molar-refractivity contribution >= 4 is 11.7 Å². The van der Waals surface area contributed by atoms with Crippen LogP contribution >= 0.6 is 0 Å². The first-order chi connectivity index (χ1) is 8.15. The Bertz CT molecular complexity index is 523. The maximum Gasteiger partial charge on any atom is 0.256 e. The molecule has 86 valence electrons. The number of hydrogen-bond donors (Lipinski definition) is 1. The predicted octanol–water partition coefficient (Wildman–Crippen LogP) is 2.61. The monoisotopic (exact) mass is 234 g/mol. The van der Waals surface area contributed by atoms with Crippen molar-refractivity contribution in [3.63, 3.8) is 0 Å². The number of benzene rings is 1. The molecule has 1 aromatic carbocycles. The number of nitrogens with zero attached hydrogens (tertiary/aromatic N) is 1. The minimum absolute atomic E-state index is 0.237. The van der Waals surface area contributed by atoms with Gasteiger partial charge in [-0.3, -0.25) is 4.79 Å². The molecule has 0 aliphatic carbocycles. The molecule has 2 rings (SSSR count). The highest BCUT2D eigenvalue weighted by Crippen LogP contribution is 2.08. The fraction of sp³-hybridized carbons (Fsp3) is 0. The molecule has 1 heterocycles. The van der Waals surface area contributed by atoms with Gasteiger partial charge in [0.25, 0.3) is 5.91 Å². The maximum absolute atomic E-state index is 12.6. The van der Waals surface area contributed by atoms with Crippen LogP contribution in [0.1, 0.15) is 10.4 Å². The van der Waals surface area contributed by atoms with Gasteiger partial charge in [0.05, 0.1) is 6.20 Å². The van der Waals surface area contributed by atoms with E-state index in [1.807, 2.05) is 0 Å². The highest BCUT2D eigenvalue weighted by molar-refractivity contribution is 6.03. The molecule has 0 aliphatic rings. The van der Waals surface area contributed by atoms with E-state index in [1.54, 1.807) is 0 Å². The summed E-state index contributed by atoms with van der Waals surface area (Å²) >= 11 is 0. The average molecular weight is 234 g/mol. The van der Waals surface area contributed by atoms with Crippen LogP contribution in [-0.4, -0.2) is 10.9 Å². The first-order valence-electron chi connectivity index (χ1n) is 4.83. The molecule has 0 saturated carbocycles. The molecule has 17 heavy (non-hydrogen) atoms. The van der Waals surface area contributed by atoms with Crippen molar-refractivity contribution in [3.05, 3.63) is 59.8 Å². The van der Waals surface area contributed by atoms with Crippen molar-refractivity contribution in [2.45, 2.75) is 0 Å². The zero-order valence-electron chi connectivity index (χ0n) is 8.65. The molecule has 1 N–H and O–H groups in total. The van der Waals surface area contributed by atoms with Gasteiger partial charge < -0.3 is 5.32 Å². The van der Waals surface area contributed by atoms with E-state index in [0.717, 1.165) is 6.20 Å². The van der Waals surface area contributed by atoms with Gasteiger partial charge in [-0.05, 0) is 36.4 Å². The van der Waals surface area contributed by atoms with Crippen LogP contribution in [-0.2, 0) is 0 Å². The van der Waals surface area contributed by atoms with E-state index in [2.05, 4.69) is 10.3 Å². The van der Waals surface area contributed by atoms with Crippen LogP contribution in [0.3, 0.4) is 0 Å². The molecular formula is C12H8F2N2O. The molecule has 0 atom stereocenters. The second kappa shape index (κ2) is 4.69. The number of carbonyl (C=O) groups is 1. The number of hydrogen-bond acceptors (Lipinski definition) is 2. The second-order valence-electron chi connectivity index (χ2n) is 3.32. The van der Waals surface area contributed by atoms with Gasteiger partial charge in [-0.15, -0.1) is 0 Å². The van der Waals surface area contributed by atoms with Gasteiger partial charge in [0.2, 0.25) is 0 Å². The SMILES string of the molecule is O=C(Nc1ccc(F)cn1)c1ccc(F)cc1. The molecule has 0 spiro atoms. The Morgan fingerprint density at radius 2 is 1.65 bits per heavy atom. The Morgan fingerprint density at radius 3 is 2.24 bits per heavy atom. The first-order valence-corrected chi connectivity index (χ1v) is 4.83. The minimum Gasteiger partial charge on any atom is -0.307 e. The summed E-state index contributed by atoms with van der Waals surface area (Å²) < 4.78 is 25.2. The Hall–Kier alpha value is -2.30. The molecular weight excluding hydrogens is 226 g/mol. The lowest BCUT2D eigenvalue weighted by Crippen LogP contribution is -2.12. The van der Waals surface area contributed by atoms with Crippen LogP contribution in [0.5, 0.6) is 0 Å². The third-order valence-electron chi connectivity index (χ3n) is 2.08. The lowest BCUT2D eigenvalue weighted by molar-refractivity contribution is 0.102. The van der Waals surface area contributed by atoms with Crippen LogP contribution < -0.4 is 5.32 Å². The van der Waals surface area contributed by atoms with Gasteiger partial charge >= 0.3 is 0 Å². The van der Waals surface area contributed by atoms with Crippen LogP contribution in [0.4, 0.5) is 14.6 Å². The molecule has 0 aliphatic heterocycles. The van der Waals surface area contributed by atoms with E-state index >= 15 is 0 Å². The van der Waals surface area contributed by atoms with Gasteiger partial charge in [0, 0.05) is 5.56 Å². The number of aromatic nitrogens is 1. The smallest absolute Gasteiger partial charge is 0.256 e. The summed E-state index contributed by atoms with van der Waals surface area (Å²) in [5.74, 6) is -1.09. The first kappa shape index (κ1) is 11.2. The van der Waals surface area contributed by atoms with E-state index in [-0.39, 0.29) is 5.82 Å². The molecule has 0 radical (unpaired) electrons. The second-order valence-corrected chi connectivity index (χ2v) is 3.32. The van der Waals surface area contributed by atoms with Crippen LogP contribution in [0, 0.1) is 11.6 Å². The lowest BCUT2D eigenvalue weighted by atomic mass is 10.2. The third-order valence-corrected chi connectivity index (χ3v) is 2.08. The number of amides is 1. The van der Waals surface area contributed by atoms with E-state index in [0.29, 0.717) is 5.56 Å². The van der Waals surface area contributed by atoms with Gasteiger partial charge in [-0.2, -0.15) is 0 Å². The number of rotatable bonds is 2. The Morgan fingerprint density at radius 1 is 1.00 bits per heavy atom. The van der Waals surface area contributed by atoms with Crippen LogP contribution in [0.15, 0.2) is 42.6 Å². The van der Waals surface area contributed by atoms with Crippen molar-refractivity contribution in [1.82, 2.24) is 4.98 Å². The summed E-state index contributed by atoms with van der Waals surface area (Å²) in [6, 6.07) is 7.62. The van der Waals surface area contributed by atoms with Crippen LogP contribution in [0.25, 0.3) is 0 Å². The Kier molecular flexibility index (Phi) is 3.09. The quantitative estimate of drug-likeness (QED) is 0.867. The summed E-state index contributed by atoms with van der Waals surface area (Å²) in [6.45, 7) is 0. The number of nitrogens with one attached hydrogen (secondary N) is 1. The van der Waals surface area contributed by atoms with Gasteiger partial charge in [0.15, 0.2) is 0 Å². The standard InChI is InChI=1S/C12H8F2N2O/c13-9-3-1-8(2-4-9)12(17)16-11-6-5-10(14)7-15-11/h1-7H,(H,15,16,17). The molecule has 3 nitrogen and oxygen atoms in total. The fourth-order valence-corrected chi connectivity index (χ4v) is 1.24. The maximum atomic E-state index is 12.6. The Balaban J connectivity index is 2.11. The molecule has 5 heteroatoms. The van der Waals surface area contributed by atoms with Gasteiger partial charge in [0.1, 0.15) is 17.5 Å². The zero-order chi connectivity index (χ0) is 12.3. The van der Waals surface area contributed by atoms with E-state index < -0.39 is 17.5 Å². The van der Waals surface area contributed by atoms with Gasteiger partial charge in [-0.25, -0.2) is 13.8 Å². The average Bonchev–Trinajstić information content (AvgIpc) is 2.33. The number of anilines is 1. The molecule has 0 fully saturated rings. The predicted molar refractivity (Wildman–Crippen MR) is 58.5 cm³/mol. The van der Waals surface area contributed by atoms with Crippen molar-refractivity contribution < 1.29 is 13.6 Å². The fourth-order valence-electron chi connectivity index (χ4n) is 1.24.